The van der Waals surface area contributed by atoms with Gasteiger partial charge in [0.25, 0.3) is 0 Å². The van der Waals surface area contributed by atoms with Crippen molar-refractivity contribution in [2.24, 2.45) is 0 Å². The van der Waals surface area contributed by atoms with E-state index in [2.05, 4.69) is 74.0 Å². The van der Waals surface area contributed by atoms with Gasteiger partial charge in [0.2, 0.25) is 5.95 Å². The topological polar surface area (TPSA) is 92.2 Å². The first kappa shape index (κ1) is 23.4. The predicted octanol–water partition coefficient (Wildman–Crippen LogP) is 3.07. The van der Waals surface area contributed by atoms with Crippen LogP contribution in [0, 0.1) is 0 Å². The highest BCUT2D eigenvalue weighted by Gasteiger charge is 2.26. The lowest BCUT2D eigenvalue weighted by Crippen LogP contribution is -2.45. The summed E-state index contributed by atoms with van der Waals surface area (Å²) in [6.45, 7) is 7.62. The predicted molar refractivity (Wildman–Crippen MR) is 147 cm³/mol. The summed E-state index contributed by atoms with van der Waals surface area (Å²) < 4.78 is 1.94. The molecule has 9 heteroatoms. The highest BCUT2D eigenvalue weighted by atomic mass is 15.3. The van der Waals surface area contributed by atoms with Crippen LogP contribution < -0.4 is 15.5 Å². The Bertz CT molecular complexity index is 1380. The van der Waals surface area contributed by atoms with E-state index in [1.165, 1.54) is 11.1 Å². The minimum atomic E-state index is 0.311. The zero-order chi connectivity index (χ0) is 25.4. The van der Waals surface area contributed by atoms with Crippen molar-refractivity contribution in [3.05, 3.63) is 77.7 Å². The van der Waals surface area contributed by atoms with E-state index in [1.807, 2.05) is 35.3 Å². The van der Waals surface area contributed by atoms with Gasteiger partial charge in [-0.3, -0.25) is 9.67 Å². The van der Waals surface area contributed by atoms with Crippen LogP contribution in [0.15, 0.2) is 60.9 Å². The molecule has 0 aliphatic carbocycles. The van der Waals surface area contributed by atoms with Crippen molar-refractivity contribution < 1.29 is 0 Å². The van der Waals surface area contributed by atoms with E-state index in [4.69, 9.17) is 10.8 Å². The minimum absolute atomic E-state index is 0.311. The molecule has 0 spiro atoms. The Labute approximate surface area is 217 Å². The fourth-order valence-electron chi connectivity index (χ4n) is 5.25. The Morgan fingerprint density at radius 1 is 0.946 bits per heavy atom. The molecule has 190 valence electrons. The maximum Gasteiger partial charge on any atom is 0.223 e. The first-order valence-corrected chi connectivity index (χ1v) is 12.9. The summed E-state index contributed by atoms with van der Waals surface area (Å²) in [5.74, 6) is 2.14. The first-order chi connectivity index (χ1) is 18.0. The van der Waals surface area contributed by atoms with Crippen LogP contribution >= 0.6 is 0 Å². The number of fused-ring (bicyclic) bond motifs is 1. The molecule has 0 bridgehead atoms. The summed E-state index contributed by atoms with van der Waals surface area (Å²) in [5, 5.41) is 4.81. The number of anilines is 3. The molecular formula is C28H33N9. The van der Waals surface area contributed by atoms with Gasteiger partial charge in [-0.2, -0.15) is 15.1 Å². The van der Waals surface area contributed by atoms with Gasteiger partial charge in [-0.05, 0) is 55.8 Å². The summed E-state index contributed by atoms with van der Waals surface area (Å²) >= 11 is 0. The van der Waals surface area contributed by atoms with Crippen LogP contribution in [0.2, 0.25) is 0 Å². The van der Waals surface area contributed by atoms with Crippen molar-refractivity contribution in [3.63, 3.8) is 0 Å². The normalized spacial score (nSPS) is 18.2. The number of hydrogen-bond acceptors (Lipinski definition) is 8. The quantitative estimate of drug-likeness (QED) is 0.452. The molecule has 1 atom stereocenters. The summed E-state index contributed by atoms with van der Waals surface area (Å²) in [6, 6.07) is 17.1. The van der Waals surface area contributed by atoms with Crippen molar-refractivity contribution >= 4 is 17.6 Å². The molecule has 5 heterocycles. The van der Waals surface area contributed by atoms with E-state index in [0.717, 1.165) is 67.7 Å². The third-order valence-electron chi connectivity index (χ3n) is 7.42. The molecule has 6 rings (SSSR count). The van der Waals surface area contributed by atoms with Crippen LogP contribution in [0.5, 0.6) is 0 Å². The lowest BCUT2D eigenvalue weighted by atomic mass is 9.92. The number of benzene rings is 1. The number of pyridine rings is 1. The van der Waals surface area contributed by atoms with E-state index in [0.29, 0.717) is 18.5 Å². The molecule has 2 aliphatic heterocycles. The van der Waals surface area contributed by atoms with Gasteiger partial charge in [0.05, 0.1) is 17.9 Å². The maximum atomic E-state index is 6.20. The highest BCUT2D eigenvalue weighted by molar-refractivity contribution is 5.63. The lowest BCUT2D eigenvalue weighted by Gasteiger charge is -2.37. The number of nitrogens with zero attached hydrogens (tertiary/aromatic N) is 8. The maximum absolute atomic E-state index is 6.20. The van der Waals surface area contributed by atoms with Crippen molar-refractivity contribution in [3.8, 4) is 11.3 Å². The Balaban J connectivity index is 1.24. The summed E-state index contributed by atoms with van der Waals surface area (Å²) in [4.78, 5) is 20.6. The van der Waals surface area contributed by atoms with Gasteiger partial charge >= 0.3 is 0 Å². The summed E-state index contributed by atoms with van der Waals surface area (Å²) in [7, 11) is 2.16. The van der Waals surface area contributed by atoms with Gasteiger partial charge in [-0.1, -0.05) is 18.2 Å². The summed E-state index contributed by atoms with van der Waals surface area (Å²) in [6.07, 6.45) is 4.79. The zero-order valence-corrected chi connectivity index (χ0v) is 21.5. The van der Waals surface area contributed by atoms with Gasteiger partial charge < -0.3 is 20.4 Å². The minimum Gasteiger partial charge on any atom is -0.368 e. The second-order valence-corrected chi connectivity index (χ2v) is 10.1. The molecule has 1 saturated heterocycles. The Morgan fingerprint density at radius 3 is 2.59 bits per heavy atom. The molecule has 3 aromatic heterocycles. The monoisotopic (exact) mass is 495 g/mol. The van der Waals surface area contributed by atoms with Crippen molar-refractivity contribution in [2.45, 2.75) is 32.5 Å². The number of hydrogen-bond donors (Lipinski definition) is 1. The molecule has 0 saturated carbocycles. The number of likely N-dealkylation sites (N-methyl/N-ethyl adjacent to an activating group) is 1. The lowest BCUT2D eigenvalue weighted by molar-refractivity contribution is 0.312. The van der Waals surface area contributed by atoms with Gasteiger partial charge in [0.15, 0.2) is 0 Å². The third-order valence-corrected chi connectivity index (χ3v) is 7.42. The van der Waals surface area contributed by atoms with Gasteiger partial charge in [-0.15, -0.1) is 0 Å². The van der Waals surface area contributed by atoms with E-state index in [-0.39, 0.29) is 0 Å². The Kier molecular flexibility index (Phi) is 6.21. The van der Waals surface area contributed by atoms with Crippen LogP contribution in [-0.2, 0) is 19.5 Å². The SMILES string of the molecule is CC1Cc2ccc(-c3ccn(Cc4ccccn4)n3)cc2CN1c1cc(N2CCN(C)CC2)nc(N)n1. The molecule has 37 heavy (non-hydrogen) atoms. The average Bonchev–Trinajstić information content (AvgIpc) is 3.37. The number of nitrogen functional groups attached to an aromatic ring is 1. The number of rotatable bonds is 5. The third kappa shape index (κ3) is 4.99. The molecule has 1 unspecified atom stereocenters. The van der Waals surface area contributed by atoms with Gasteiger partial charge in [0.1, 0.15) is 11.6 Å². The van der Waals surface area contributed by atoms with E-state index >= 15 is 0 Å². The molecule has 9 nitrogen and oxygen atoms in total. The molecule has 2 N–H and O–H groups in total. The fourth-order valence-corrected chi connectivity index (χ4v) is 5.25. The van der Waals surface area contributed by atoms with Crippen LogP contribution in [-0.4, -0.2) is 68.9 Å². The van der Waals surface area contributed by atoms with Crippen molar-refractivity contribution in [1.82, 2.24) is 29.6 Å². The largest absolute Gasteiger partial charge is 0.368 e. The second kappa shape index (κ2) is 9.82. The van der Waals surface area contributed by atoms with Gasteiger partial charge in [-0.25, -0.2) is 0 Å². The van der Waals surface area contributed by atoms with Crippen molar-refractivity contribution in [2.75, 3.05) is 48.8 Å². The zero-order valence-electron chi connectivity index (χ0n) is 21.5. The molecule has 2 aliphatic rings. The smallest absolute Gasteiger partial charge is 0.223 e. The van der Waals surface area contributed by atoms with Crippen molar-refractivity contribution in [1.29, 1.82) is 0 Å². The van der Waals surface area contributed by atoms with Crippen LogP contribution in [0.4, 0.5) is 17.6 Å². The Hall–Kier alpha value is -3.98. The van der Waals surface area contributed by atoms with Crippen LogP contribution in [0.3, 0.4) is 0 Å². The van der Waals surface area contributed by atoms with Crippen LogP contribution in [0.1, 0.15) is 23.7 Å². The average molecular weight is 496 g/mol. The van der Waals surface area contributed by atoms with E-state index in [1.54, 1.807) is 0 Å². The van der Waals surface area contributed by atoms with Crippen LogP contribution in [0.25, 0.3) is 11.3 Å². The molecule has 4 aromatic rings. The standard InChI is InChI=1S/C28H33N9/c1-20-15-21-6-7-22(25-8-10-36(33-25)19-24-5-3-4-9-30-24)16-23(21)18-37(20)27-17-26(31-28(29)32-27)35-13-11-34(2)12-14-35/h3-10,16-17,20H,11-15,18-19H2,1-2H3,(H2,29,31,32). The highest BCUT2D eigenvalue weighted by Crippen LogP contribution is 2.32. The molecule has 1 aromatic carbocycles. The van der Waals surface area contributed by atoms with E-state index < -0.39 is 0 Å². The van der Waals surface area contributed by atoms with E-state index in [9.17, 15) is 0 Å². The van der Waals surface area contributed by atoms with Gasteiger partial charge in [0, 0.05) is 62.8 Å². The fraction of sp³-hybridized carbons (Fsp3) is 0.357. The Morgan fingerprint density at radius 2 is 1.78 bits per heavy atom. The molecule has 1 fully saturated rings. The summed E-state index contributed by atoms with van der Waals surface area (Å²) in [5.41, 5.74) is 11.9. The number of piperazine rings is 1. The number of nitrogens with two attached hydrogens (primary N) is 1. The molecule has 0 amide bonds. The second-order valence-electron chi connectivity index (χ2n) is 10.1. The molecule has 0 radical (unpaired) electrons. The first-order valence-electron chi connectivity index (χ1n) is 12.9. The molecular weight excluding hydrogens is 462 g/mol. The number of aromatic nitrogens is 5.